The molecular formula is C15H10O3. The zero-order valence-corrected chi connectivity index (χ0v) is 9.50. The highest BCUT2D eigenvalue weighted by Crippen LogP contribution is 2.61. The van der Waals surface area contributed by atoms with Crippen molar-refractivity contribution in [3.8, 4) is 0 Å². The summed E-state index contributed by atoms with van der Waals surface area (Å²) in [5, 5.41) is 0. The summed E-state index contributed by atoms with van der Waals surface area (Å²) in [6.07, 6.45) is -0.189. The minimum atomic E-state index is -0.880. The van der Waals surface area contributed by atoms with Gasteiger partial charge in [0.05, 0.1) is 5.56 Å². The van der Waals surface area contributed by atoms with Crippen molar-refractivity contribution >= 4 is 5.97 Å². The molecule has 4 rings (SSSR count). The van der Waals surface area contributed by atoms with Crippen LogP contribution in [0.1, 0.15) is 27.6 Å². The van der Waals surface area contributed by atoms with E-state index in [1.54, 1.807) is 6.07 Å². The average molecular weight is 238 g/mol. The maximum Gasteiger partial charge on any atom is 0.341 e. The molecule has 2 atom stereocenters. The molecule has 0 N–H and O–H groups in total. The summed E-state index contributed by atoms with van der Waals surface area (Å²) in [6.45, 7) is 0. The fourth-order valence-electron chi connectivity index (χ4n) is 2.55. The van der Waals surface area contributed by atoms with Crippen LogP contribution in [0, 0.1) is 0 Å². The number of fused-ring (bicyclic) bond motifs is 2. The van der Waals surface area contributed by atoms with Gasteiger partial charge in [0.15, 0.2) is 6.10 Å². The third-order valence-electron chi connectivity index (χ3n) is 3.45. The Morgan fingerprint density at radius 3 is 2.50 bits per heavy atom. The number of carbonyl (C=O) groups is 1. The standard InChI is InChI=1S/C15H10O3/c16-14-11-8-4-5-9-12(11)15(18-14)13(17-15)10-6-2-1-3-7-10/h1-9,13H/t13-,15-/m1/s1. The molecule has 1 saturated heterocycles. The predicted molar refractivity (Wildman–Crippen MR) is 63.8 cm³/mol. The van der Waals surface area contributed by atoms with Gasteiger partial charge < -0.3 is 9.47 Å². The average Bonchev–Trinajstić information content (AvgIpc) is 3.07. The van der Waals surface area contributed by atoms with Crippen molar-refractivity contribution in [2.24, 2.45) is 0 Å². The van der Waals surface area contributed by atoms with Crippen molar-refractivity contribution in [3.05, 3.63) is 71.3 Å². The molecule has 0 aliphatic carbocycles. The molecule has 2 heterocycles. The second kappa shape index (κ2) is 3.21. The van der Waals surface area contributed by atoms with Crippen molar-refractivity contribution in [1.29, 1.82) is 0 Å². The van der Waals surface area contributed by atoms with Crippen LogP contribution in [-0.4, -0.2) is 5.97 Å². The molecule has 0 amide bonds. The van der Waals surface area contributed by atoms with Crippen LogP contribution in [0.15, 0.2) is 54.6 Å². The number of rotatable bonds is 1. The first-order chi connectivity index (χ1) is 8.81. The maximum absolute atomic E-state index is 11.8. The summed E-state index contributed by atoms with van der Waals surface area (Å²) in [5.41, 5.74) is 2.47. The van der Waals surface area contributed by atoms with Crippen LogP contribution < -0.4 is 0 Å². The normalized spacial score (nSPS) is 28.0. The maximum atomic E-state index is 11.8. The SMILES string of the molecule is O=C1O[C@]2(O[C@@H]2c2ccccc2)c2ccccc21. The van der Waals surface area contributed by atoms with Gasteiger partial charge in [0, 0.05) is 5.56 Å². The summed E-state index contributed by atoms with van der Waals surface area (Å²) in [5.74, 6) is -1.18. The second-order valence-corrected chi connectivity index (χ2v) is 4.51. The minimum absolute atomic E-state index is 0.189. The van der Waals surface area contributed by atoms with Crippen LogP contribution in [0.5, 0.6) is 0 Å². The van der Waals surface area contributed by atoms with Crippen molar-refractivity contribution in [2.75, 3.05) is 0 Å². The van der Waals surface area contributed by atoms with Gasteiger partial charge in [-0.05, 0) is 11.6 Å². The van der Waals surface area contributed by atoms with Crippen LogP contribution >= 0.6 is 0 Å². The van der Waals surface area contributed by atoms with E-state index in [4.69, 9.17) is 9.47 Å². The van der Waals surface area contributed by atoms with Crippen LogP contribution in [-0.2, 0) is 15.3 Å². The zero-order valence-electron chi connectivity index (χ0n) is 9.50. The van der Waals surface area contributed by atoms with Gasteiger partial charge in [-0.25, -0.2) is 4.79 Å². The van der Waals surface area contributed by atoms with Crippen LogP contribution in [0.2, 0.25) is 0 Å². The van der Waals surface area contributed by atoms with Crippen molar-refractivity contribution < 1.29 is 14.3 Å². The summed E-state index contributed by atoms with van der Waals surface area (Å²) in [7, 11) is 0. The molecule has 2 aliphatic rings. The molecule has 0 unspecified atom stereocenters. The minimum Gasteiger partial charge on any atom is -0.422 e. The Kier molecular flexibility index (Phi) is 1.76. The lowest BCUT2D eigenvalue weighted by molar-refractivity contribution is -0.00812. The first-order valence-electron chi connectivity index (χ1n) is 5.87. The Morgan fingerprint density at radius 2 is 1.67 bits per heavy atom. The zero-order chi connectivity index (χ0) is 12.2. The van der Waals surface area contributed by atoms with E-state index < -0.39 is 5.79 Å². The fourth-order valence-corrected chi connectivity index (χ4v) is 2.55. The number of epoxide rings is 1. The summed E-state index contributed by atoms with van der Waals surface area (Å²) >= 11 is 0. The van der Waals surface area contributed by atoms with E-state index >= 15 is 0 Å². The van der Waals surface area contributed by atoms with Crippen LogP contribution in [0.3, 0.4) is 0 Å². The number of benzene rings is 2. The number of esters is 1. The molecule has 0 radical (unpaired) electrons. The number of carbonyl (C=O) groups excluding carboxylic acids is 1. The van der Waals surface area contributed by atoms with Crippen molar-refractivity contribution in [1.82, 2.24) is 0 Å². The molecule has 1 spiro atoms. The van der Waals surface area contributed by atoms with Crippen molar-refractivity contribution in [3.63, 3.8) is 0 Å². The molecule has 3 nitrogen and oxygen atoms in total. The molecule has 2 aromatic rings. The molecular weight excluding hydrogens is 228 g/mol. The molecule has 1 fully saturated rings. The van der Waals surface area contributed by atoms with Crippen LogP contribution in [0.25, 0.3) is 0 Å². The van der Waals surface area contributed by atoms with E-state index in [0.29, 0.717) is 5.56 Å². The van der Waals surface area contributed by atoms with Gasteiger partial charge in [-0.3, -0.25) is 0 Å². The predicted octanol–water partition coefficient (Wildman–Crippen LogP) is 2.78. The lowest BCUT2D eigenvalue weighted by Crippen LogP contribution is -2.09. The lowest BCUT2D eigenvalue weighted by Gasteiger charge is -2.04. The van der Waals surface area contributed by atoms with Gasteiger partial charge >= 0.3 is 5.97 Å². The van der Waals surface area contributed by atoms with Gasteiger partial charge in [-0.1, -0.05) is 48.5 Å². The lowest BCUT2D eigenvalue weighted by atomic mass is 9.99. The molecule has 2 aromatic carbocycles. The Balaban J connectivity index is 1.79. The molecule has 0 bridgehead atoms. The van der Waals surface area contributed by atoms with Crippen LogP contribution in [0.4, 0.5) is 0 Å². The topological polar surface area (TPSA) is 38.8 Å². The van der Waals surface area contributed by atoms with E-state index in [-0.39, 0.29) is 12.1 Å². The summed E-state index contributed by atoms with van der Waals surface area (Å²) < 4.78 is 11.1. The van der Waals surface area contributed by atoms with E-state index in [1.807, 2.05) is 48.5 Å². The smallest absolute Gasteiger partial charge is 0.341 e. The highest BCUT2D eigenvalue weighted by Gasteiger charge is 2.67. The van der Waals surface area contributed by atoms with Gasteiger partial charge in [0.2, 0.25) is 0 Å². The fraction of sp³-hybridized carbons (Fsp3) is 0.133. The van der Waals surface area contributed by atoms with Crippen molar-refractivity contribution in [2.45, 2.75) is 11.9 Å². The third kappa shape index (κ3) is 1.14. The number of ether oxygens (including phenoxy) is 2. The van der Waals surface area contributed by atoms with Gasteiger partial charge in [0.25, 0.3) is 5.79 Å². The molecule has 2 aliphatic heterocycles. The molecule has 3 heteroatoms. The van der Waals surface area contributed by atoms with E-state index in [0.717, 1.165) is 11.1 Å². The highest BCUT2D eigenvalue weighted by molar-refractivity contribution is 5.95. The number of hydrogen-bond donors (Lipinski definition) is 0. The molecule has 0 aromatic heterocycles. The Morgan fingerprint density at radius 1 is 0.944 bits per heavy atom. The first-order valence-corrected chi connectivity index (χ1v) is 5.87. The summed E-state index contributed by atoms with van der Waals surface area (Å²) in [6, 6.07) is 17.2. The molecule has 0 saturated carbocycles. The second-order valence-electron chi connectivity index (χ2n) is 4.51. The van der Waals surface area contributed by atoms with E-state index in [1.165, 1.54) is 0 Å². The quantitative estimate of drug-likeness (QED) is 0.566. The van der Waals surface area contributed by atoms with Gasteiger partial charge in [0.1, 0.15) is 0 Å². The number of hydrogen-bond acceptors (Lipinski definition) is 3. The Labute approximate surface area is 104 Å². The third-order valence-corrected chi connectivity index (χ3v) is 3.45. The Hall–Kier alpha value is -2.13. The van der Waals surface area contributed by atoms with E-state index in [2.05, 4.69) is 0 Å². The summed E-state index contributed by atoms with van der Waals surface area (Å²) in [4.78, 5) is 11.8. The first kappa shape index (κ1) is 9.85. The van der Waals surface area contributed by atoms with Gasteiger partial charge in [-0.2, -0.15) is 0 Å². The highest BCUT2D eigenvalue weighted by atomic mass is 16.8. The van der Waals surface area contributed by atoms with Gasteiger partial charge in [-0.15, -0.1) is 0 Å². The van der Waals surface area contributed by atoms with E-state index in [9.17, 15) is 4.79 Å². The monoisotopic (exact) mass is 238 g/mol. The largest absolute Gasteiger partial charge is 0.422 e. The molecule has 18 heavy (non-hydrogen) atoms. The Bertz CT molecular complexity index is 635. The molecule has 88 valence electrons.